The number of nitriles is 1. The molecule has 18 heavy (non-hydrogen) atoms. The molecule has 0 aliphatic heterocycles. The van der Waals surface area contributed by atoms with E-state index in [2.05, 4.69) is 11.0 Å². The minimum atomic E-state index is 0.121. The second-order valence-corrected chi connectivity index (χ2v) is 4.74. The van der Waals surface area contributed by atoms with Crippen LogP contribution in [0.1, 0.15) is 31.2 Å². The number of rotatable bonds is 4. The van der Waals surface area contributed by atoms with Gasteiger partial charge < -0.3 is 15.7 Å². The Morgan fingerprint density at radius 1 is 1.39 bits per heavy atom. The van der Waals surface area contributed by atoms with Gasteiger partial charge in [-0.2, -0.15) is 5.26 Å². The fourth-order valence-electron chi connectivity index (χ4n) is 2.71. The molecule has 0 spiro atoms. The fraction of sp³-hybridized carbons (Fsp3) is 0.500. The smallest absolute Gasteiger partial charge is 0.0992 e. The molecule has 0 heterocycles. The molecule has 1 aromatic carbocycles. The lowest BCUT2D eigenvalue weighted by Gasteiger charge is -2.31. The number of nitrogens with two attached hydrogens (primary N) is 1. The predicted molar refractivity (Wildman–Crippen MR) is 72.3 cm³/mol. The second-order valence-electron chi connectivity index (χ2n) is 4.74. The SMILES string of the molecule is N#Cc1ccc(N(CCO)C2CCCC2)c(N)c1. The van der Waals surface area contributed by atoms with E-state index in [-0.39, 0.29) is 6.61 Å². The van der Waals surface area contributed by atoms with Crippen molar-refractivity contribution < 1.29 is 5.11 Å². The number of nitrogens with zero attached hydrogens (tertiary/aromatic N) is 2. The van der Waals surface area contributed by atoms with Crippen LogP contribution in [0.5, 0.6) is 0 Å². The lowest BCUT2D eigenvalue weighted by molar-refractivity contribution is 0.297. The molecule has 0 radical (unpaired) electrons. The third-order valence-corrected chi connectivity index (χ3v) is 3.57. The first-order valence-corrected chi connectivity index (χ1v) is 6.43. The topological polar surface area (TPSA) is 73.3 Å². The zero-order chi connectivity index (χ0) is 13.0. The maximum absolute atomic E-state index is 9.22. The Labute approximate surface area is 108 Å². The summed E-state index contributed by atoms with van der Waals surface area (Å²) in [6.45, 7) is 0.719. The molecule has 0 amide bonds. The van der Waals surface area contributed by atoms with Gasteiger partial charge in [-0.15, -0.1) is 0 Å². The van der Waals surface area contributed by atoms with E-state index < -0.39 is 0 Å². The summed E-state index contributed by atoms with van der Waals surface area (Å²) < 4.78 is 0. The van der Waals surface area contributed by atoms with Gasteiger partial charge in [-0.05, 0) is 31.0 Å². The van der Waals surface area contributed by atoms with Crippen molar-refractivity contribution in [3.63, 3.8) is 0 Å². The van der Waals surface area contributed by atoms with Crippen molar-refractivity contribution in [1.82, 2.24) is 0 Å². The summed E-state index contributed by atoms with van der Waals surface area (Å²) in [6, 6.07) is 7.93. The number of anilines is 2. The molecule has 3 N–H and O–H groups in total. The van der Waals surface area contributed by atoms with Crippen molar-refractivity contribution in [3.8, 4) is 6.07 Å². The zero-order valence-electron chi connectivity index (χ0n) is 10.5. The van der Waals surface area contributed by atoms with Crippen LogP contribution in [-0.4, -0.2) is 24.3 Å². The highest BCUT2D eigenvalue weighted by atomic mass is 16.3. The molecule has 0 atom stereocenters. The third-order valence-electron chi connectivity index (χ3n) is 3.57. The molecule has 0 saturated heterocycles. The van der Waals surface area contributed by atoms with Crippen molar-refractivity contribution >= 4 is 11.4 Å². The first-order chi connectivity index (χ1) is 8.76. The molecule has 96 valence electrons. The number of benzene rings is 1. The van der Waals surface area contributed by atoms with Gasteiger partial charge in [0.25, 0.3) is 0 Å². The van der Waals surface area contributed by atoms with E-state index in [4.69, 9.17) is 11.0 Å². The number of nitrogen functional groups attached to an aromatic ring is 1. The Hall–Kier alpha value is -1.73. The lowest BCUT2D eigenvalue weighted by Crippen LogP contribution is -2.36. The number of aliphatic hydroxyl groups excluding tert-OH is 1. The van der Waals surface area contributed by atoms with Crippen molar-refractivity contribution in [2.24, 2.45) is 0 Å². The molecule has 4 heteroatoms. The Kier molecular flexibility index (Phi) is 4.06. The van der Waals surface area contributed by atoms with Crippen LogP contribution in [0.2, 0.25) is 0 Å². The highest BCUT2D eigenvalue weighted by molar-refractivity contribution is 5.70. The first kappa shape index (κ1) is 12.7. The van der Waals surface area contributed by atoms with Gasteiger partial charge in [0.2, 0.25) is 0 Å². The van der Waals surface area contributed by atoms with Crippen LogP contribution >= 0.6 is 0 Å². The van der Waals surface area contributed by atoms with Crippen LogP contribution in [0, 0.1) is 11.3 Å². The average molecular weight is 245 g/mol. The lowest BCUT2D eigenvalue weighted by atomic mass is 10.1. The quantitative estimate of drug-likeness (QED) is 0.794. The van der Waals surface area contributed by atoms with Crippen molar-refractivity contribution in [1.29, 1.82) is 5.26 Å². The summed E-state index contributed by atoms with van der Waals surface area (Å²) in [7, 11) is 0. The molecule has 1 saturated carbocycles. The predicted octanol–water partition coefficient (Wildman–Crippen LogP) is 1.88. The average Bonchev–Trinajstić information content (AvgIpc) is 2.90. The molecule has 1 fully saturated rings. The molecule has 1 aliphatic carbocycles. The van der Waals surface area contributed by atoms with E-state index in [9.17, 15) is 5.11 Å². The Balaban J connectivity index is 2.27. The third kappa shape index (κ3) is 2.57. The fourth-order valence-corrected chi connectivity index (χ4v) is 2.71. The first-order valence-electron chi connectivity index (χ1n) is 6.43. The van der Waals surface area contributed by atoms with E-state index in [1.165, 1.54) is 12.8 Å². The van der Waals surface area contributed by atoms with Gasteiger partial charge in [0.05, 0.1) is 29.6 Å². The van der Waals surface area contributed by atoms with Crippen LogP contribution in [-0.2, 0) is 0 Å². The second kappa shape index (κ2) is 5.74. The summed E-state index contributed by atoms with van der Waals surface area (Å²) in [6.07, 6.45) is 4.78. The standard InChI is InChI=1S/C14H19N3O/c15-10-11-5-6-14(13(16)9-11)17(7-8-18)12-3-1-2-4-12/h5-6,9,12,18H,1-4,7-8,16H2. The minimum absolute atomic E-state index is 0.121. The maximum Gasteiger partial charge on any atom is 0.0992 e. The largest absolute Gasteiger partial charge is 0.397 e. The highest BCUT2D eigenvalue weighted by Gasteiger charge is 2.23. The van der Waals surface area contributed by atoms with Gasteiger partial charge in [-0.25, -0.2) is 0 Å². The monoisotopic (exact) mass is 245 g/mol. The molecule has 0 aromatic heterocycles. The highest BCUT2D eigenvalue weighted by Crippen LogP contribution is 2.31. The van der Waals surface area contributed by atoms with Gasteiger partial charge in [0, 0.05) is 12.6 Å². The number of aliphatic hydroxyl groups is 1. The maximum atomic E-state index is 9.22. The zero-order valence-corrected chi connectivity index (χ0v) is 10.5. The van der Waals surface area contributed by atoms with Gasteiger partial charge in [0.15, 0.2) is 0 Å². The van der Waals surface area contributed by atoms with Crippen LogP contribution in [0.3, 0.4) is 0 Å². The van der Waals surface area contributed by atoms with Crippen LogP contribution in [0.15, 0.2) is 18.2 Å². The summed E-state index contributed by atoms with van der Waals surface area (Å²) >= 11 is 0. The summed E-state index contributed by atoms with van der Waals surface area (Å²) in [5.74, 6) is 0. The normalized spacial score (nSPS) is 15.6. The van der Waals surface area contributed by atoms with Crippen molar-refractivity contribution in [2.45, 2.75) is 31.7 Å². The summed E-state index contributed by atoms with van der Waals surface area (Å²) in [5.41, 5.74) is 8.16. The molecule has 1 aliphatic rings. The molecular formula is C14H19N3O. The number of hydrogen-bond acceptors (Lipinski definition) is 4. The van der Waals surface area contributed by atoms with Crippen LogP contribution in [0.4, 0.5) is 11.4 Å². The Morgan fingerprint density at radius 2 is 2.11 bits per heavy atom. The molecule has 2 rings (SSSR count). The van der Waals surface area contributed by atoms with Crippen molar-refractivity contribution in [2.75, 3.05) is 23.8 Å². The van der Waals surface area contributed by atoms with Gasteiger partial charge in [-0.3, -0.25) is 0 Å². The number of hydrogen-bond donors (Lipinski definition) is 2. The van der Waals surface area contributed by atoms with E-state index in [0.29, 0.717) is 23.8 Å². The molecule has 0 unspecified atom stereocenters. The Bertz CT molecular complexity index is 447. The van der Waals surface area contributed by atoms with E-state index >= 15 is 0 Å². The minimum Gasteiger partial charge on any atom is -0.397 e. The van der Waals surface area contributed by atoms with Gasteiger partial charge in [0.1, 0.15) is 0 Å². The summed E-state index contributed by atoms with van der Waals surface area (Å²) in [5, 5.41) is 18.1. The van der Waals surface area contributed by atoms with Gasteiger partial charge in [-0.1, -0.05) is 12.8 Å². The van der Waals surface area contributed by atoms with Gasteiger partial charge >= 0.3 is 0 Å². The Morgan fingerprint density at radius 3 is 2.67 bits per heavy atom. The van der Waals surface area contributed by atoms with Crippen LogP contribution in [0.25, 0.3) is 0 Å². The van der Waals surface area contributed by atoms with E-state index in [0.717, 1.165) is 18.5 Å². The van der Waals surface area contributed by atoms with Crippen LogP contribution < -0.4 is 10.6 Å². The molecular weight excluding hydrogens is 226 g/mol. The van der Waals surface area contributed by atoms with Crippen molar-refractivity contribution in [3.05, 3.63) is 23.8 Å². The van der Waals surface area contributed by atoms with E-state index in [1.54, 1.807) is 12.1 Å². The summed E-state index contributed by atoms with van der Waals surface area (Å²) in [4.78, 5) is 2.18. The molecule has 1 aromatic rings. The van der Waals surface area contributed by atoms with E-state index in [1.807, 2.05) is 6.07 Å². The molecule has 0 bridgehead atoms. The molecule has 4 nitrogen and oxygen atoms in total.